The molecule has 1 amide bonds. The third-order valence-corrected chi connectivity index (χ3v) is 4.47. The summed E-state index contributed by atoms with van der Waals surface area (Å²) in [6.07, 6.45) is 3.17. The van der Waals surface area contributed by atoms with Crippen molar-refractivity contribution in [1.82, 2.24) is 9.97 Å². The van der Waals surface area contributed by atoms with E-state index in [1.54, 1.807) is 24.4 Å². The van der Waals surface area contributed by atoms with Crippen LogP contribution in [0.3, 0.4) is 0 Å². The fraction of sp³-hybridized carbons (Fsp3) is 0.0455. The molecule has 0 saturated carbocycles. The summed E-state index contributed by atoms with van der Waals surface area (Å²) < 4.78 is 0. The highest BCUT2D eigenvalue weighted by atomic mass is 16.1. The summed E-state index contributed by atoms with van der Waals surface area (Å²) in [6, 6.07) is 18.9. The maximum atomic E-state index is 12.2. The molecule has 5 heteroatoms. The second-order valence-corrected chi connectivity index (χ2v) is 6.27. The maximum absolute atomic E-state index is 12.2. The second kappa shape index (κ2) is 6.77. The predicted molar refractivity (Wildman–Crippen MR) is 105 cm³/mol. The minimum absolute atomic E-state index is 0.196. The van der Waals surface area contributed by atoms with E-state index in [0.29, 0.717) is 16.8 Å². The molecule has 2 aromatic carbocycles. The van der Waals surface area contributed by atoms with Gasteiger partial charge in [0, 0.05) is 40.2 Å². The van der Waals surface area contributed by atoms with Crippen molar-refractivity contribution >= 4 is 22.5 Å². The number of rotatable bonds is 3. The van der Waals surface area contributed by atoms with Gasteiger partial charge >= 0.3 is 0 Å². The van der Waals surface area contributed by atoms with Gasteiger partial charge in [-0.25, -0.2) is 0 Å². The number of pyridine rings is 1. The van der Waals surface area contributed by atoms with E-state index in [1.165, 1.54) is 6.20 Å². The normalized spacial score (nSPS) is 10.5. The topological polar surface area (TPSA) is 81.6 Å². The molecule has 4 rings (SSSR count). The lowest BCUT2D eigenvalue weighted by atomic mass is 10.0. The van der Waals surface area contributed by atoms with Gasteiger partial charge in [-0.2, -0.15) is 5.26 Å². The lowest BCUT2D eigenvalue weighted by Crippen LogP contribution is -2.11. The summed E-state index contributed by atoms with van der Waals surface area (Å²) in [7, 11) is 0. The van der Waals surface area contributed by atoms with Crippen molar-refractivity contribution in [2.75, 3.05) is 5.32 Å². The number of aromatic nitrogens is 2. The van der Waals surface area contributed by atoms with Crippen LogP contribution in [-0.2, 0) is 0 Å². The molecule has 2 aromatic heterocycles. The molecular formula is C22H16N4O. The average Bonchev–Trinajstić information content (AvgIpc) is 3.04. The van der Waals surface area contributed by atoms with Crippen molar-refractivity contribution < 1.29 is 4.79 Å². The number of aryl methyl sites for hydroxylation is 1. The molecule has 2 N–H and O–H groups in total. The number of benzene rings is 2. The van der Waals surface area contributed by atoms with E-state index in [2.05, 4.69) is 21.4 Å². The summed E-state index contributed by atoms with van der Waals surface area (Å²) in [5.41, 5.74) is 5.96. The number of amides is 1. The van der Waals surface area contributed by atoms with Gasteiger partial charge in [-0.15, -0.1) is 0 Å². The number of anilines is 1. The first-order valence-electron chi connectivity index (χ1n) is 8.50. The monoisotopic (exact) mass is 352 g/mol. The van der Waals surface area contributed by atoms with Crippen molar-refractivity contribution in [2.24, 2.45) is 0 Å². The fourth-order valence-corrected chi connectivity index (χ4v) is 3.19. The van der Waals surface area contributed by atoms with Gasteiger partial charge < -0.3 is 10.3 Å². The van der Waals surface area contributed by atoms with Gasteiger partial charge in [0.2, 0.25) is 0 Å². The number of carbonyl (C=O) groups is 1. The second-order valence-electron chi connectivity index (χ2n) is 6.27. The molecule has 2 heterocycles. The minimum atomic E-state index is -0.196. The third kappa shape index (κ3) is 3.16. The van der Waals surface area contributed by atoms with Crippen molar-refractivity contribution in [3.63, 3.8) is 0 Å². The SMILES string of the molecule is Cc1[nH]c2ccc(C#N)cc2c1-c1ccc(NC(=O)c2cccnc2)cc1. The molecule has 0 aliphatic heterocycles. The highest BCUT2D eigenvalue weighted by molar-refractivity contribution is 6.04. The largest absolute Gasteiger partial charge is 0.358 e. The first-order valence-corrected chi connectivity index (χ1v) is 8.50. The molecule has 0 fully saturated rings. The lowest BCUT2D eigenvalue weighted by Gasteiger charge is -2.07. The number of fused-ring (bicyclic) bond motifs is 1. The highest BCUT2D eigenvalue weighted by Gasteiger charge is 2.12. The predicted octanol–water partition coefficient (Wildman–Crippen LogP) is 4.66. The van der Waals surface area contributed by atoms with Crippen molar-refractivity contribution in [1.29, 1.82) is 5.26 Å². The zero-order chi connectivity index (χ0) is 18.8. The number of carbonyl (C=O) groups excluding carboxylic acids is 1. The summed E-state index contributed by atoms with van der Waals surface area (Å²) >= 11 is 0. The van der Waals surface area contributed by atoms with Gasteiger partial charge in [0.05, 0.1) is 17.2 Å². The number of aromatic amines is 1. The van der Waals surface area contributed by atoms with Crippen molar-refractivity contribution in [3.05, 3.63) is 83.8 Å². The van der Waals surface area contributed by atoms with Crippen LogP contribution in [0.15, 0.2) is 67.0 Å². The molecule has 0 unspecified atom stereocenters. The molecular weight excluding hydrogens is 336 g/mol. The van der Waals surface area contributed by atoms with Crippen LogP contribution in [0.1, 0.15) is 21.6 Å². The van der Waals surface area contributed by atoms with Crippen LogP contribution in [0, 0.1) is 18.3 Å². The van der Waals surface area contributed by atoms with E-state index in [4.69, 9.17) is 0 Å². The van der Waals surface area contributed by atoms with Crippen LogP contribution in [0.25, 0.3) is 22.0 Å². The van der Waals surface area contributed by atoms with E-state index < -0.39 is 0 Å². The van der Waals surface area contributed by atoms with Crippen molar-refractivity contribution in [3.8, 4) is 17.2 Å². The van der Waals surface area contributed by atoms with E-state index in [1.807, 2.05) is 43.3 Å². The quantitative estimate of drug-likeness (QED) is 0.562. The Bertz CT molecular complexity index is 1170. The van der Waals surface area contributed by atoms with Crippen molar-refractivity contribution in [2.45, 2.75) is 6.92 Å². The first-order chi connectivity index (χ1) is 13.2. The Morgan fingerprint density at radius 1 is 1.15 bits per heavy atom. The van der Waals surface area contributed by atoms with E-state index in [9.17, 15) is 10.1 Å². The molecule has 0 aliphatic carbocycles. The molecule has 4 aromatic rings. The number of H-pyrrole nitrogens is 1. The molecule has 0 atom stereocenters. The standard InChI is InChI=1S/C22H16N4O/c1-14-21(19-11-15(12-23)4-9-20(19)25-14)16-5-7-18(8-6-16)26-22(27)17-3-2-10-24-13-17/h2-11,13,25H,1H3,(H,26,27). The molecule has 0 radical (unpaired) electrons. The Hall–Kier alpha value is -3.91. The van der Waals surface area contributed by atoms with Crippen LogP contribution in [0.5, 0.6) is 0 Å². The highest BCUT2D eigenvalue weighted by Crippen LogP contribution is 2.33. The fourth-order valence-electron chi connectivity index (χ4n) is 3.19. The lowest BCUT2D eigenvalue weighted by molar-refractivity contribution is 0.102. The van der Waals surface area contributed by atoms with Crippen LogP contribution in [0.4, 0.5) is 5.69 Å². The Labute approximate surface area is 156 Å². The molecule has 130 valence electrons. The Morgan fingerprint density at radius 3 is 2.67 bits per heavy atom. The van der Waals surface area contributed by atoms with Gasteiger partial charge in [0.1, 0.15) is 0 Å². The number of nitrogens with zero attached hydrogens (tertiary/aromatic N) is 2. The summed E-state index contributed by atoms with van der Waals surface area (Å²) in [6.45, 7) is 2.01. The van der Waals surface area contributed by atoms with Crippen LogP contribution in [0.2, 0.25) is 0 Å². The van der Waals surface area contributed by atoms with Gasteiger partial charge in [-0.3, -0.25) is 9.78 Å². The van der Waals surface area contributed by atoms with Gasteiger partial charge in [0.15, 0.2) is 0 Å². The molecule has 0 bridgehead atoms. The number of hydrogen-bond donors (Lipinski definition) is 2. The Kier molecular flexibility index (Phi) is 4.15. The number of nitriles is 1. The summed E-state index contributed by atoms with van der Waals surface area (Å²) in [5, 5.41) is 13.1. The third-order valence-electron chi connectivity index (χ3n) is 4.47. The summed E-state index contributed by atoms with van der Waals surface area (Å²) in [4.78, 5) is 19.6. The molecule has 0 spiro atoms. The van der Waals surface area contributed by atoms with Gasteiger partial charge in [-0.1, -0.05) is 12.1 Å². The van der Waals surface area contributed by atoms with Gasteiger partial charge in [-0.05, 0) is 55.0 Å². The smallest absolute Gasteiger partial charge is 0.257 e. The number of nitrogens with one attached hydrogen (secondary N) is 2. The Morgan fingerprint density at radius 2 is 1.96 bits per heavy atom. The Balaban J connectivity index is 1.65. The zero-order valence-electron chi connectivity index (χ0n) is 14.7. The average molecular weight is 352 g/mol. The first kappa shape index (κ1) is 16.6. The molecule has 27 heavy (non-hydrogen) atoms. The molecule has 0 saturated heterocycles. The van der Waals surface area contributed by atoms with E-state index in [0.717, 1.165) is 27.7 Å². The zero-order valence-corrected chi connectivity index (χ0v) is 14.7. The van der Waals surface area contributed by atoms with E-state index in [-0.39, 0.29) is 5.91 Å². The summed E-state index contributed by atoms with van der Waals surface area (Å²) in [5.74, 6) is -0.196. The van der Waals surface area contributed by atoms with E-state index >= 15 is 0 Å². The number of hydrogen-bond acceptors (Lipinski definition) is 3. The minimum Gasteiger partial charge on any atom is -0.358 e. The maximum Gasteiger partial charge on any atom is 0.257 e. The van der Waals surface area contributed by atoms with Crippen LogP contribution in [-0.4, -0.2) is 15.9 Å². The van der Waals surface area contributed by atoms with Crippen LogP contribution >= 0.6 is 0 Å². The van der Waals surface area contributed by atoms with Gasteiger partial charge in [0.25, 0.3) is 5.91 Å². The molecule has 0 aliphatic rings. The molecule has 5 nitrogen and oxygen atoms in total. The van der Waals surface area contributed by atoms with Crippen LogP contribution < -0.4 is 5.32 Å².